The van der Waals surface area contributed by atoms with Crippen LogP contribution in [0.5, 0.6) is 0 Å². The first kappa shape index (κ1) is 10.7. The fourth-order valence-electron chi connectivity index (χ4n) is 2.13. The van der Waals surface area contributed by atoms with Crippen LogP contribution in [0.4, 0.5) is 4.79 Å². The molecular weight excluding hydrogens is 218 g/mol. The third-order valence-electron chi connectivity index (χ3n) is 3.03. The van der Waals surface area contributed by atoms with E-state index in [9.17, 15) is 13.2 Å². The number of amides is 1. The molecule has 2 heterocycles. The summed E-state index contributed by atoms with van der Waals surface area (Å²) in [4.78, 5) is 10.8. The Hall–Kier alpha value is -0.780. The van der Waals surface area contributed by atoms with Crippen molar-refractivity contribution in [2.45, 2.75) is 25.3 Å². The van der Waals surface area contributed by atoms with E-state index in [2.05, 4.69) is 5.32 Å². The highest BCUT2D eigenvalue weighted by molar-refractivity contribution is 7.91. The molecule has 0 aromatic rings. The van der Waals surface area contributed by atoms with Crippen molar-refractivity contribution in [1.29, 1.82) is 0 Å². The van der Waals surface area contributed by atoms with Gasteiger partial charge in [0, 0.05) is 0 Å². The minimum atomic E-state index is -2.78. The summed E-state index contributed by atoms with van der Waals surface area (Å²) >= 11 is 0. The highest BCUT2D eigenvalue weighted by atomic mass is 32.2. The quantitative estimate of drug-likeness (QED) is 0.745. The Morgan fingerprint density at radius 3 is 2.53 bits per heavy atom. The number of sulfone groups is 1. The van der Waals surface area contributed by atoms with Crippen molar-refractivity contribution in [2.24, 2.45) is 5.92 Å². The van der Waals surface area contributed by atoms with Crippen molar-refractivity contribution in [2.75, 3.05) is 18.1 Å². The van der Waals surface area contributed by atoms with Crippen LogP contribution in [0.2, 0.25) is 0 Å². The molecule has 86 valence electrons. The number of carbonyl (C=O) groups excluding carboxylic acids is 1. The molecule has 0 bridgehead atoms. The summed E-state index contributed by atoms with van der Waals surface area (Å²) in [6.45, 7) is 0.419. The second kappa shape index (κ2) is 4.00. The van der Waals surface area contributed by atoms with E-state index in [4.69, 9.17) is 4.74 Å². The Labute approximate surface area is 89.1 Å². The minimum Gasteiger partial charge on any atom is -0.447 e. The van der Waals surface area contributed by atoms with Gasteiger partial charge in [0.25, 0.3) is 0 Å². The first-order valence-corrected chi connectivity index (χ1v) is 7.01. The van der Waals surface area contributed by atoms with Crippen LogP contribution in [0.25, 0.3) is 0 Å². The molecule has 1 amide bonds. The third-order valence-corrected chi connectivity index (χ3v) is 4.75. The van der Waals surface area contributed by atoms with Gasteiger partial charge in [0.05, 0.1) is 17.5 Å². The molecule has 2 saturated heterocycles. The number of hydrogen-bond acceptors (Lipinski definition) is 4. The summed E-state index contributed by atoms with van der Waals surface area (Å²) < 4.78 is 27.2. The van der Waals surface area contributed by atoms with Gasteiger partial charge in [-0.2, -0.15) is 0 Å². The smallest absolute Gasteiger partial charge is 0.407 e. The van der Waals surface area contributed by atoms with E-state index in [1.807, 2.05) is 0 Å². The summed E-state index contributed by atoms with van der Waals surface area (Å²) in [7, 11) is -2.78. The van der Waals surface area contributed by atoms with Gasteiger partial charge in [0.15, 0.2) is 0 Å². The van der Waals surface area contributed by atoms with Gasteiger partial charge in [-0.25, -0.2) is 13.2 Å². The van der Waals surface area contributed by atoms with E-state index in [1.54, 1.807) is 0 Å². The maximum absolute atomic E-state index is 11.2. The van der Waals surface area contributed by atoms with Crippen molar-refractivity contribution >= 4 is 15.9 Å². The minimum absolute atomic E-state index is 0.0725. The second-order valence-electron chi connectivity index (χ2n) is 4.27. The van der Waals surface area contributed by atoms with Crippen molar-refractivity contribution < 1.29 is 17.9 Å². The van der Waals surface area contributed by atoms with Crippen molar-refractivity contribution in [3.63, 3.8) is 0 Å². The van der Waals surface area contributed by atoms with Crippen LogP contribution in [0, 0.1) is 5.92 Å². The fourth-order valence-corrected chi connectivity index (χ4v) is 3.72. The van der Waals surface area contributed by atoms with Crippen LogP contribution in [0.3, 0.4) is 0 Å². The van der Waals surface area contributed by atoms with Crippen LogP contribution in [0.1, 0.15) is 19.3 Å². The molecule has 0 aromatic carbocycles. The molecule has 2 rings (SSSR count). The molecule has 0 spiro atoms. The number of hydrogen-bond donors (Lipinski definition) is 1. The molecule has 0 radical (unpaired) electrons. The first-order valence-electron chi connectivity index (χ1n) is 5.19. The van der Waals surface area contributed by atoms with Gasteiger partial charge in [0.1, 0.15) is 16.4 Å². The van der Waals surface area contributed by atoms with E-state index < -0.39 is 9.84 Å². The number of cyclic esters (lactones) is 1. The van der Waals surface area contributed by atoms with E-state index in [0.717, 1.165) is 6.42 Å². The maximum atomic E-state index is 11.2. The zero-order valence-corrected chi connectivity index (χ0v) is 9.26. The lowest BCUT2D eigenvalue weighted by atomic mass is 9.95. The SMILES string of the molecule is O=C1NC(CC2CCS(=O)(=O)CC2)CO1. The highest BCUT2D eigenvalue weighted by Crippen LogP contribution is 2.24. The zero-order valence-electron chi connectivity index (χ0n) is 8.44. The van der Waals surface area contributed by atoms with E-state index in [-0.39, 0.29) is 12.1 Å². The molecule has 0 aromatic heterocycles. The molecule has 6 heteroatoms. The molecule has 5 nitrogen and oxygen atoms in total. The van der Waals surface area contributed by atoms with Gasteiger partial charge in [0.2, 0.25) is 0 Å². The monoisotopic (exact) mass is 233 g/mol. The highest BCUT2D eigenvalue weighted by Gasteiger charge is 2.29. The maximum Gasteiger partial charge on any atom is 0.407 e. The third kappa shape index (κ3) is 2.84. The first-order chi connectivity index (χ1) is 7.05. The average molecular weight is 233 g/mol. The molecule has 0 saturated carbocycles. The second-order valence-corrected chi connectivity index (χ2v) is 6.57. The summed E-state index contributed by atoms with van der Waals surface area (Å²) in [6, 6.07) is 0.0725. The lowest BCUT2D eigenvalue weighted by molar-refractivity contribution is 0.176. The molecular formula is C9H15NO4S. The van der Waals surface area contributed by atoms with E-state index in [1.165, 1.54) is 0 Å². The summed E-state index contributed by atoms with van der Waals surface area (Å²) in [6.07, 6.45) is 1.91. The van der Waals surface area contributed by atoms with Crippen molar-refractivity contribution in [3.05, 3.63) is 0 Å². The molecule has 2 fully saturated rings. The number of ether oxygens (including phenoxy) is 1. The predicted octanol–water partition coefficient (Wildman–Crippen LogP) is 0.310. The lowest BCUT2D eigenvalue weighted by Crippen LogP contribution is -2.32. The van der Waals surface area contributed by atoms with Crippen molar-refractivity contribution in [1.82, 2.24) is 5.32 Å². The van der Waals surface area contributed by atoms with Crippen molar-refractivity contribution in [3.8, 4) is 0 Å². The summed E-state index contributed by atoms with van der Waals surface area (Å²) in [5, 5.41) is 2.71. The van der Waals surface area contributed by atoms with Crippen LogP contribution in [-0.2, 0) is 14.6 Å². The average Bonchev–Trinajstić information content (AvgIpc) is 2.55. The molecule has 1 unspecified atom stereocenters. The standard InChI is InChI=1S/C9H15NO4S/c11-9-10-8(6-14-9)5-7-1-3-15(12,13)4-2-7/h7-8H,1-6H2,(H,10,11). The van der Waals surface area contributed by atoms with Crippen LogP contribution in [0.15, 0.2) is 0 Å². The van der Waals surface area contributed by atoms with Gasteiger partial charge in [-0.3, -0.25) is 0 Å². The summed E-state index contributed by atoms with van der Waals surface area (Å²) in [5.41, 5.74) is 0. The number of nitrogens with one attached hydrogen (secondary N) is 1. The van der Waals surface area contributed by atoms with Gasteiger partial charge < -0.3 is 10.1 Å². The topological polar surface area (TPSA) is 72.5 Å². The predicted molar refractivity (Wildman–Crippen MR) is 54.3 cm³/mol. The fraction of sp³-hybridized carbons (Fsp3) is 0.889. The number of rotatable bonds is 2. The number of alkyl carbamates (subject to hydrolysis) is 1. The Bertz CT molecular complexity index is 337. The molecule has 1 atom stereocenters. The van der Waals surface area contributed by atoms with Crippen LogP contribution < -0.4 is 5.32 Å². The van der Waals surface area contributed by atoms with Gasteiger partial charge in [-0.15, -0.1) is 0 Å². The largest absolute Gasteiger partial charge is 0.447 e. The van der Waals surface area contributed by atoms with E-state index >= 15 is 0 Å². The Balaban J connectivity index is 1.80. The lowest BCUT2D eigenvalue weighted by Gasteiger charge is -2.23. The molecule has 2 aliphatic rings. The van der Waals surface area contributed by atoms with Gasteiger partial charge in [-0.05, 0) is 25.2 Å². The summed E-state index contributed by atoms with van der Waals surface area (Å²) in [5.74, 6) is 0.985. The molecule has 1 N–H and O–H groups in total. The van der Waals surface area contributed by atoms with Gasteiger partial charge in [-0.1, -0.05) is 0 Å². The van der Waals surface area contributed by atoms with Gasteiger partial charge >= 0.3 is 6.09 Å². The molecule has 15 heavy (non-hydrogen) atoms. The Morgan fingerprint density at radius 1 is 1.33 bits per heavy atom. The molecule has 0 aliphatic carbocycles. The van der Waals surface area contributed by atoms with E-state index in [0.29, 0.717) is 36.9 Å². The Morgan fingerprint density at radius 2 is 2.00 bits per heavy atom. The van der Waals surface area contributed by atoms with Crippen LogP contribution >= 0.6 is 0 Å². The zero-order chi connectivity index (χ0) is 10.9. The van der Waals surface area contributed by atoms with Crippen LogP contribution in [-0.4, -0.2) is 38.7 Å². The molecule has 2 aliphatic heterocycles. The number of carbonyl (C=O) groups is 1. The Kier molecular flexibility index (Phi) is 2.86. The normalized spacial score (nSPS) is 30.9.